The second-order valence-electron chi connectivity index (χ2n) is 4.78. The lowest BCUT2D eigenvalue weighted by atomic mass is 10.1. The number of hydrogen-bond donors (Lipinski definition) is 3. The minimum atomic E-state index is -3.26. The van der Waals surface area contributed by atoms with Crippen LogP contribution < -0.4 is 5.32 Å². The number of aliphatic carboxylic acids is 1. The van der Waals surface area contributed by atoms with Crippen LogP contribution in [0.25, 0.3) is 0 Å². The molecule has 0 unspecified atom stereocenters. The Morgan fingerprint density at radius 3 is 2.39 bits per heavy atom. The van der Waals surface area contributed by atoms with Gasteiger partial charge in [0.25, 0.3) is 0 Å². The van der Waals surface area contributed by atoms with Gasteiger partial charge in [-0.3, -0.25) is 0 Å². The van der Waals surface area contributed by atoms with E-state index in [9.17, 15) is 23.1 Å². The molecule has 1 amide bonds. The van der Waals surface area contributed by atoms with E-state index in [0.29, 0.717) is 5.56 Å². The molecule has 23 heavy (non-hydrogen) atoms. The molecular weight excluding hydrogens is 326 g/mol. The summed E-state index contributed by atoms with van der Waals surface area (Å²) in [4.78, 5) is 22.7. The number of hydrogen-bond acceptors (Lipinski definition) is 6. The Morgan fingerprint density at radius 2 is 1.87 bits per heavy atom. The predicted octanol–water partition coefficient (Wildman–Crippen LogP) is 0.549. The molecule has 1 rings (SSSR count). The van der Waals surface area contributed by atoms with Crippen molar-refractivity contribution in [1.29, 1.82) is 0 Å². The number of rotatable bonds is 8. The number of phenolic OH excluding ortho intramolecular Hbond substituents is 1. The van der Waals surface area contributed by atoms with Gasteiger partial charge in [0, 0.05) is 12.2 Å². The molecule has 0 spiro atoms. The summed E-state index contributed by atoms with van der Waals surface area (Å²) in [6.45, 7) is 1.14. The maximum atomic E-state index is 11.5. The molecule has 0 fully saturated rings. The summed E-state index contributed by atoms with van der Waals surface area (Å²) in [5.41, 5.74) is 0.601. The molecular formula is C14H19NO7S. The van der Waals surface area contributed by atoms with Gasteiger partial charge in [-0.15, -0.1) is 0 Å². The second-order valence-corrected chi connectivity index (χ2v) is 7.25. The average molecular weight is 345 g/mol. The van der Waals surface area contributed by atoms with Crippen molar-refractivity contribution >= 4 is 21.9 Å². The number of carboxylic acids is 1. The summed E-state index contributed by atoms with van der Waals surface area (Å²) in [5, 5.41) is 20.5. The van der Waals surface area contributed by atoms with Gasteiger partial charge in [-0.1, -0.05) is 19.1 Å². The van der Waals surface area contributed by atoms with Crippen molar-refractivity contribution < 1.29 is 33.0 Å². The number of benzene rings is 1. The molecule has 0 bridgehead atoms. The molecule has 1 atom stereocenters. The van der Waals surface area contributed by atoms with Crippen LogP contribution >= 0.6 is 0 Å². The SMILES string of the molecule is CCS(=O)(=O)CCOC(=O)N[C@@H](Cc1ccc(O)cc1)C(=O)O. The zero-order valence-electron chi connectivity index (χ0n) is 12.6. The van der Waals surface area contributed by atoms with Crippen LogP contribution in [0.15, 0.2) is 24.3 Å². The minimum Gasteiger partial charge on any atom is -0.508 e. The fraction of sp³-hybridized carbons (Fsp3) is 0.429. The van der Waals surface area contributed by atoms with Crippen molar-refractivity contribution in [1.82, 2.24) is 5.32 Å². The van der Waals surface area contributed by atoms with E-state index < -0.39 is 27.9 Å². The van der Waals surface area contributed by atoms with E-state index in [1.807, 2.05) is 0 Å². The van der Waals surface area contributed by atoms with Crippen LogP contribution in [-0.2, 0) is 25.8 Å². The summed E-state index contributed by atoms with van der Waals surface area (Å²) >= 11 is 0. The molecule has 128 valence electrons. The number of carboxylic acid groups (broad SMARTS) is 1. The van der Waals surface area contributed by atoms with E-state index in [1.165, 1.54) is 31.2 Å². The van der Waals surface area contributed by atoms with E-state index in [2.05, 4.69) is 10.1 Å². The van der Waals surface area contributed by atoms with Crippen molar-refractivity contribution in [2.75, 3.05) is 18.1 Å². The van der Waals surface area contributed by atoms with E-state index in [-0.39, 0.29) is 30.3 Å². The van der Waals surface area contributed by atoms with Gasteiger partial charge in [-0.2, -0.15) is 0 Å². The fourth-order valence-electron chi connectivity index (χ4n) is 1.66. The number of carbonyl (C=O) groups excluding carboxylic acids is 1. The van der Waals surface area contributed by atoms with Gasteiger partial charge in [0.05, 0.1) is 5.75 Å². The van der Waals surface area contributed by atoms with Gasteiger partial charge < -0.3 is 20.3 Å². The smallest absolute Gasteiger partial charge is 0.407 e. The molecule has 0 aliphatic carbocycles. The van der Waals surface area contributed by atoms with Gasteiger partial charge in [-0.05, 0) is 17.7 Å². The monoisotopic (exact) mass is 345 g/mol. The number of aromatic hydroxyl groups is 1. The van der Waals surface area contributed by atoms with Crippen LogP contribution in [0.4, 0.5) is 4.79 Å². The highest BCUT2D eigenvalue weighted by atomic mass is 32.2. The number of alkyl carbamates (subject to hydrolysis) is 1. The first kappa shape index (κ1) is 18.8. The highest BCUT2D eigenvalue weighted by Gasteiger charge is 2.21. The van der Waals surface area contributed by atoms with Crippen LogP contribution in [0, 0.1) is 0 Å². The normalized spacial score (nSPS) is 12.4. The van der Waals surface area contributed by atoms with E-state index in [1.54, 1.807) is 0 Å². The summed E-state index contributed by atoms with van der Waals surface area (Å²) in [5.74, 6) is -1.58. The second kappa shape index (κ2) is 8.37. The highest BCUT2D eigenvalue weighted by Crippen LogP contribution is 2.11. The van der Waals surface area contributed by atoms with Crippen molar-refractivity contribution in [3.05, 3.63) is 29.8 Å². The first-order valence-electron chi connectivity index (χ1n) is 6.88. The van der Waals surface area contributed by atoms with Gasteiger partial charge in [0.1, 0.15) is 18.4 Å². The summed E-state index contributed by atoms with van der Waals surface area (Å²) in [7, 11) is -3.26. The van der Waals surface area contributed by atoms with Crippen LogP contribution in [0.3, 0.4) is 0 Å². The quantitative estimate of drug-likeness (QED) is 0.627. The number of nitrogens with one attached hydrogen (secondary N) is 1. The Kier molecular flexibility index (Phi) is 6.83. The number of phenols is 1. The summed E-state index contributed by atoms with van der Waals surface area (Å²) < 4.78 is 27.2. The van der Waals surface area contributed by atoms with E-state index in [4.69, 9.17) is 5.11 Å². The molecule has 3 N–H and O–H groups in total. The standard InChI is InChI=1S/C14H19NO7S/c1-2-23(20,21)8-7-22-14(19)15-12(13(17)18)9-10-3-5-11(16)6-4-10/h3-6,12,16H,2,7-9H2,1H3,(H,15,19)(H,17,18)/t12-/m0/s1. The first-order valence-corrected chi connectivity index (χ1v) is 8.70. The van der Waals surface area contributed by atoms with Crippen molar-refractivity contribution in [3.63, 3.8) is 0 Å². The zero-order valence-corrected chi connectivity index (χ0v) is 13.4. The molecule has 1 aromatic rings. The maximum Gasteiger partial charge on any atom is 0.407 e. The molecule has 0 heterocycles. The minimum absolute atomic E-state index is 0.00201. The fourth-order valence-corrected chi connectivity index (χ4v) is 2.28. The Hall–Kier alpha value is -2.29. The van der Waals surface area contributed by atoms with Crippen molar-refractivity contribution in [3.8, 4) is 5.75 Å². The molecule has 1 aromatic carbocycles. The van der Waals surface area contributed by atoms with Crippen LogP contribution in [0.1, 0.15) is 12.5 Å². The molecule has 0 saturated heterocycles. The lowest BCUT2D eigenvalue weighted by Crippen LogP contribution is -2.43. The Labute approximate surface area is 134 Å². The lowest BCUT2D eigenvalue weighted by molar-refractivity contribution is -0.139. The van der Waals surface area contributed by atoms with Gasteiger partial charge in [0.2, 0.25) is 0 Å². The number of sulfone groups is 1. The average Bonchev–Trinajstić information content (AvgIpc) is 2.48. The van der Waals surface area contributed by atoms with Crippen LogP contribution in [0.5, 0.6) is 5.75 Å². The van der Waals surface area contributed by atoms with Crippen molar-refractivity contribution in [2.24, 2.45) is 0 Å². The molecule has 0 radical (unpaired) electrons. The largest absolute Gasteiger partial charge is 0.508 e. The molecule has 0 aromatic heterocycles. The maximum absolute atomic E-state index is 11.5. The van der Waals surface area contributed by atoms with Gasteiger partial charge in [-0.25, -0.2) is 18.0 Å². The molecule has 0 saturated carbocycles. The number of ether oxygens (including phenoxy) is 1. The van der Waals surface area contributed by atoms with Gasteiger partial charge >= 0.3 is 12.1 Å². The molecule has 8 nitrogen and oxygen atoms in total. The van der Waals surface area contributed by atoms with E-state index in [0.717, 1.165) is 0 Å². The van der Waals surface area contributed by atoms with Crippen molar-refractivity contribution in [2.45, 2.75) is 19.4 Å². The van der Waals surface area contributed by atoms with Crippen LogP contribution in [0.2, 0.25) is 0 Å². The van der Waals surface area contributed by atoms with Crippen LogP contribution in [-0.4, -0.2) is 54.8 Å². The third-order valence-corrected chi connectivity index (χ3v) is 4.70. The molecule has 9 heteroatoms. The summed E-state index contributed by atoms with van der Waals surface area (Å²) in [6, 6.07) is 4.65. The Balaban J connectivity index is 2.53. The molecule has 0 aliphatic rings. The third-order valence-electron chi connectivity index (χ3n) is 3.03. The number of carbonyl (C=O) groups is 2. The van der Waals surface area contributed by atoms with Gasteiger partial charge in [0.15, 0.2) is 9.84 Å². The Morgan fingerprint density at radius 1 is 1.26 bits per heavy atom. The summed E-state index contributed by atoms with van der Waals surface area (Å²) in [6.07, 6.45) is -1.000. The zero-order chi connectivity index (χ0) is 17.5. The third kappa shape index (κ3) is 7.00. The lowest BCUT2D eigenvalue weighted by Gasteiger charge is -2.14. The van der Waals surface area contributed by atoms with E-state index >= 15 is 0 Å². The first-order chi connectivity index (χ1) is 10.7. The topological polar surface area (TPSA) is 130 Å². The number of amides is 1. The Bertz CT molecular complexity index is 640. The predicted molar refractivity (Wildman–Crippen MR) is 82.0 cm³/mol. The molecule has 0 aliphatic heterocycles. The highest BCUT2D eigenvalue weighted by molar-refractivity contribution is 7.91.